The maximum atomic E-state index is 10.9. The third-order valence-corrected chi connectivity index (χ3v) is 16.8. The van der Waals surface area contributed by atoms with E-state index in [0.717, 1.165) is 132 Å². The highest BCUT2D eigenvalue weighted by Crippen LogP contribution is 2.51. The Kier molecular flexibility index (Phi) is 10.5. The van der Waals surface area contributed by atoms with E-state index in [4.69, 9.17) is 15.0 Å². The van der Waals surface area contributed by atoms with Crippen molar-refractivity contribution in [2.24, 2.45) is 0 Å². The fourth-order valence-corrected chi connectivity index (χ4v) is 13.2. The molecule has 0 aliphatic rings. The summed E-state index contributed by atoms with van der Waals surface area (Å²) < 4.78 is 9.51. The van der Waals surface area contributed by atoms with Crippen molar-refractivity contribution in [1.82, 2.24) is 33.2 Å². The Morgan fingerprint density at radius 1 is 0.286 bits per heavy atom. The minimum absolute atomic E-state index is 0.427. The second-order valence-electron chi connectivity index (χ2n) is 21.4. The molecule has 8 heteroatoms. The Morgan fingerprint density at radius 3 is 1.15 bits per heavy atom. The van der Waals surface area contributed by atoms with Gasteiger partial charge in [0.1, 0.15) is 0 Å². The first-order chi connectivity index (χ1) is 41.7. The molecule has 0 saturated carbocycles. The lowest BCUT2D eigenvalue weighted by Crippen LogP contribution is -2.08. The van der Waals surface area contributed by atoms with E-state index in [0.29, 0.717) is 28.7 Å². The quantitative estimate of drug-likeness (QED) is 0.152. The lowest BCUT2D eigenvalue weighted by atomic mass is 10.0. The SMILES string of the molecule is N#Cc1ccc(-n2c3ccccc3c3c4c(c5ccccc5n4-c4ccccc4)c4c(c5ccccc5n4-c4ccccc4)c32)c(-c2nc(-c3ccccc3)nc(-n3c4ccc(-c5ccccc5)cc4c4cc(-c5ccccc5)ccc43)n2)c1. The molecule has 0 atom stereocenters. The van der Waals surface area contributed by atoms with Crippen molar-refractivity contribution in [3.8, 4) is 74.1 Å². The Labute approximate surface area is 481 Å². The second-order valence-corrected chi connectivity index (χ2v) is 21.4. The minimum Gasteiger partial charge on any atom is -0.308 e. The van der Waals surface area contributed by atoms with Crippen molar-refractivity contribution in [1.29, 1.82) is 5.26 Å². The maximum Gasteiger partial charge on any atom is 0.238 e. The summed E-state index contributed by atoms with van der Waals surface area (Å²) in [5.41, 5.74) is 17.7. The van der Waals surface area contributed by atoms with Gasteiger partial charge in [0.15, 0.2) is 11.6 Å². The highest BCUT2D eigenvalue weighted by molar-refractivity contribution is 6.40. The predicted octanol–water partition coefficient (Wildman–Crippen LogP) is 18.8. The molecule has 0 radical (unpaired) electrons. The van der Waals surface area contributed by atoms with Crippen LogP contribution in [0.4, 0.5) is 0 Å². The van der Waals surface area contributed by atoms with Gasteiger partial charge in [-0.1, -0.05) is 194 Å². The molecule has 0 saturated heterocycles. The van der Waals surface area contributed by atoms with E-state index in [2.05, 4.69) is 261 Å². The molecule has 0 spiro atoms. The Morgan fingerprint density at radius 2 is 0.679 bits per heavy atom. The van der Waals surface area contributed by atoms with E-state index in [1.54, 1.807) is 0 Å². The molecule has 0 aliphatic carbocycles. The normalized spacial score (nSPS) is 11.8. The lowest BCUT2D eigenvalue weighted by Gasteiger charge is -2.17. The molecule has 17 rings (SSSR count). The number of hydrogen-bond acceptors (Lipinski definition) is 4. The summed E-state index contributed by atoms with van der Waals surface area (Å²) in [7, 11) is 0. The molecular weight excluding hydrogens is 1020 g/mol. The van der Waals surface area contributed by atoms with E-state index in [-0.39, 0.29) is 0 Å². The number of aromatic nitrogens is 7. The summed E-state index contributed by atoms with van der Waals surface area (Å²) in [6.07, 6.45) is 0. The number of nitriles is 1. The van der Waals surface area contributed by atoms with Crippen LogP contribution in [-0.4, -0.2) is 33.2 Å². The van der Waals surface area contributed by atoms with Crippen LogP contribution in [0.25, 0.3) is 155 Å². The fourth-order valence-electron chi connectivity index (χ4n) is 13.2. The summed E-state index contributed by atoms with van der Waals surface area (Å²) in [5.74, 6) is 1.39. The average Bonchev–Trinajstić information content (AvgIpc) is 1.78. The summed E-state index contributed by atoms with van der Waals surface area (Å²) >= 11 is 0. The Hall–Kier alpha value is -11.7. The molecular formula is C76H46N8. The summed E-state index contributed by atoms with van der Waals surface area (Å²) in [6.45, 7) is 0. The van der Waals surface area contributed by atoms with Crippen molar-refractivity contribution < 1.29 is 0 Å². The zero-order valence-corrected chi connectivity index (χ0v) is 45.1. The number of rotatable bonds is 8. The molecule has 5 heterocycles. The van der Waals surface area contributed by atoms with Gasteiger partial charge in [-0.15, -0.1) is 0 Å². The highest BCUT2D eigenvalue weighted by Gasteiger charge is 2.30. The number of benzene rings is 12. The van der Waals surface area contributed by atoms with Crippen LogP contribution in [0.2, 0.25) is 0 Å². The van der Waals surface area contributed by atoms with E-state index in [9.17, 15) is 5.26 Å². The van der Waals surface area contributed by atoms with Crippen LogP contribution in [0, 0.1) is 11.3 Å². The summed E-state index contributed by atoms with van der Waals surface area (Å²) in [5, 5.41) is 19.8. The Bertz CT molecular complexity index is 5370. The third kappa shape index (κ3) is 7.09. The summed E-state index contributed by atoms with van der Waals surface area (Å²) in [6, 6.07) is 101. The molecule has 17 aromatic rings. The fraction of sp³-hybridized carbons (Fsp3) is 0. The van der Waals surface area contributed by atoms with Crippen molar-refractivity contribution >= 4 is 87.2 Å². The van der Waals surface area contributed by atoms with Gasteiger partial charge in [-0.2, -0.15) is 15.2 Å². The van der Waals surface area contributed by atoms with Crippen molar-refractivity contribution in [2.75, 3.05) is 0 Å². The van der Waals surface area contributed by atoms with Gasteiger partial charge in [0.2, 0.25) is 5.95 Å². The number of hydrogen-bond donors (Lipinski definition) is 0. The van der Waals surface area contributed by atoms with E-state index in [1.807, 2.05) is 42.5 Å². The molecule has 0 amide bonds. The van der Waals surface area contributed by atoms with Gasteiger partial charge in [-0.25, -0.2) is 4.98 Å². The molecule has 12 aromatic carbocycles. The second kappa shape index (κ2) is 18.7. The maximum absolute atomic E-state index is 10.9. The first kappa shape index (κ1) is 47.2. The van der Waals surface area contributed by atoms with Crippen molar-refractivity contribution in [3.05, 3.63) is 285 Å². The van der Waals surface area contributed by atoms with Crippen LogP contribution < -0.4 is 0 Å². The van der Waals surface area contributed by atoms with Crippen LogP contribution >= 0.6 is 0 Å². The van der Waals surface area contributed by atoms with Crippen molar-refractivity contribution in [3.63, 3.8) is 0 Å². The first-order valence-corrected chi connectivity index (χ1v) is 28.2. The smallest absolute Gasteiger partial charge is 0.238 e. The molecule has 0 bridgehead atoms. The van der Waals surface area contributed by atoms with Gasteiger partial charge < -0.3 is 13.7 Å². The standard InChI is InChI=1S/C76H46N8/c77-47-48-38-41-67(61(44-48)75-78-74(51-26-10-3-11-27-51)79-76(80-75)84-65-42-39-52(49-22-6-1-7-23-49)45-59(65)60-46-53(40-43-66(60)84)50-24-8-2-9-25-50)83-64-37-21-18-34-58(64)70-72-68(56-32-16-19-35-62(56)81(72)54-28-12-4-13-29-54)71-69(73(70)83)57-33-17-20-36-63(57)82(71)55-30-14-5-15-31-55/h1-46H. The zero-order valence-electron chi connectivity index (χ0n) is 45.1. The molecule has 5 aromatic heterocycles. The van der Waals surface area contributed by atoms with Gasteiger partial charge in [0.05, 0.1) is 61.5 Å². The molecule has 8 nitrogen and oxygen atoms in total. The molecule has 0 N–H and O–H groups in total. The van der Waals surface area contributed by atoms with Gasteiger partial charge in [-0.3, -0.25) is 4.57 Å². The molecule has 0 aliphatic heterocycles. The average molecular weight is 1070 g/mol. The number of para-hydroxylation sites is 5. The Balaban J connectivity index is 1.02. The molecule has 0 unspecified atom stereocenters. The molecule has 0 fully saturated rings. The number of nitrogens with zero attached hydrogens (tertiary/aromatic N) is 8. The topological polar surface area (TPSA) is 82.2 Å². The number of fused-ring (bicyclic) bond motifs is 15. The zero-order chi connectivity index (χ0) is 55.4. The van der Waals surface area contributed by atoms with Gasteiger partial charge in [0.25, 0.3) is 0 Å². The first-order valence-electron chi connectivity index (χ1n) is 28.2. The lowest BCUT2D eigenvalue weighted by molar-refractivity contribution is 0.951. The monoisotopic (exact) mass is 1070 g/mol. The third-order valence-electron chi connectivity index (χ3n) is 16.8. The molecule has 84 heavy (non-hydrogen) atoms. The summed E-state index contributed by atoms with van der Waals surface area (Å²) in [4.78, 5) is 16.5. The van der Waals surface area contributed by atoms with E-state index >= 15 is 0 Å². The minimum atomic E-state index is 0.427. The van der Waals surface area contributed by atoms with E-state index in [1.165, 1.54) is 0 Å². The largest absolute Gasteiger partial charge is 0.308 e. The predicted molar refractivity (Wildman–Crippen MR) is 344 cm³/mol. The van der Waals surface area contributed by atoms with Crippen LogP contribution in [0.3, 0.4) is 0 Å². The van der Waals surface area contributed by atoms with Gasteiger partial charge in [-0.05, 0) is 107 Å². The van der Waals surface area contributed by atoms with Crippen LogP contribution in [0.15, 0.2) is 279 Å². The van der Waals surface area contributed by atoms with E-state index < -0.39 is 0 Å². The van der Waals surface area contributed by atoms with Crippen LogP contribution in [-0.2, 0) is 0 Å². The van der Waals surface area contributed by atoms with Crippen molar-refractivity contribution in [2.45, 2.75) is 0 Å². The highest BCUT2D eigenvalue weighted by atomic mass is 15.2. The van der Waals surface area contributed by atoms with Gasteiger partial charge >= 0.3 is 0 Å². The van der Waals surface area contributed by atoms with Gasteiger partial charge in [0, 0.05) is 65.6 Å². The van der Waals surface area contributed by atoms with Crippen LogP contribution in [0.5, 0.6) is 0 Å². The molecule has 390 valence electrons. The van der Waals surface area contributed by atoms with Crippen LogP contribution in [0.1, 0.15) is 5.56 Å².